The number of alkyl carbamates (subject to hydrolysis) is 1. The van der Waals surface area contributed by atoms with Crippen molar-refractivity contribution in [3.05, 3.63) is 64.2 Å². The van der Waals surface area contributed by atoms with E-state index in [1.807, 2.05) is 0 Å². The summed E-state index contributed by atoms with van der Waals surface area (Å²) in [6.07, 6.45) is -1.01. The van der Waals surface area contributed by atoms with E-state index in [1.54, 1.807) is 20.8 Å². The van der Waals surface area contributed by atoms with Crippen LogP contribution in [0.2, 0.25) is 5.02 Å². The molecule has 1 unspecified atom stereocenters. The molecular formula is C22H23ClF2N2O4. The molecule has 0 fully saturated rings. The lowest BCUT2D eigenvalue weighted by Gasteiger charge is -2.21. The topological polar surface area (TPSA) is 84.5 Å². The van der Waals surface area contributed by atoms with E-state index in [1.165, 1.54) is 31.2 Å². The molecule has 0 aliphatic rings. The highest BCUT2D eigenvalue weighted by molar-refractivity contribution is 6.34. The summed E-state index contributed by atoms with van der Waals surface area (Å²) in [7, 11) is 0. The summed E-state index contributed by atoms with van der Waals surface area (Å²) >= 11 is 6.14. The second-order valence-corrected chi connectivity index (χ2v) is 8.24. The van der Waals surface area contributed by atoms with Crippen molar-refractivity contribution >= 4 is 35.1 Å². The number of halogens is 3. The molecule has 2 aromatic carbocycles. The summed E-state index contributed by atoms with van der Waals surface area (Å²) in [4.78, 5) is 37.2. The van der Waals surface area contributed by atoms with Gasteiger partial charge in [0, 0.05) is 6.42 Å². The molecule has 0 aliphatic heterocycles. The van der Waals surface area contributed by atoms with E-state index in [-0.39, 0.29) is 22.6 Å². The Morgan fingerprint density at radius 1 is 1.06 bits per heavy atom. The fourth-order valence-corrected chi connectivity index (χ4v) is 2.95. The first-order chi connectivity index (χ1) is 14.4. The fourth-order valence-electron chi connectivity index (χ4n) is 2.67. The van der Waals surface area contributed by atoms with Crippen molar-refractivity contribution in [2.45, 2.75) is 45.8 Å². The normalized spacial score (nSPS) is 12.1. The second-order valence-electron chi connectivity index (χ2n) is 7.84. The summed E-state index contributed by atoms with van der Waals surface area (Å²) in [6, 6.07) is 6.71. The van der Waals surface area contributed by atoms with Crippen LogP contribution in [-0.2, 0) is 16.0 Å². The Morgan fingerprint density at radius 2 is 1.65 bits per heavy atom. The van der Waals surface area contributed by atoms with Crippen LogP contribution in [0.1, 0.15) is 43.6 Å². The molecule has 2 N–H and O–H groups in total. The molecule has 0 saturated carbocycles. The lowest BCUT2D eigenvalue weighted by atomic mass is 9.99. The maximum atomic E-state index is 13.9. The number of benzene rings is 2. The molecule has 9 heteroatoms. The Kier molecular flexibility index (Phi) is 7.73. The molecule has 2 amide bonds. The smallest absolute Gasteiger partial charge is 0.408 e. The van der Waals surface area contributed by atoms with E-state index < -0.39 is 46.7 Å². The van der Waals surface area contributed by atoms with E-state index in [2.05, 4.69) is 10.6 Å². The number of nitrogens with one attached hydrogen (secondary N) is 2. The number of carbonyl (C=O) groups excluding carboxylic acids is 3. The molecule has 0 spiro atoms. The number of Topliss-reactive ketones (excluding diaryl/α,β-unsaturated/α-hetero) is 1. The lowest BCUT2D eigenvalue weighted by Crippen LogP contribution is -2.42. The Balaban J connectivity index is 2.20. The summed E-state index contributed by atoms with van der Waals surface area (Å²) in [5.41, 5.74) is -1.20. The first-order valence-corrected chi connectivity index (χ1v) is 9.82. The van der Waals surface area contributed by atoms with Gasteiger partial charge in [-0.25, -0.2) is 13.6 Å². The predicted octanol–water partition coefficient (Wildman–Crippen LogP) is 4.90. The average molecular weight is 453 g/mol. The third-order valence-corrected chi connectivity index (χ3v) is 4.42. The minimum absolute atomic E-state index is 0.00676. The number of rotatable bonds is 6. The van der Waals surface area contributed by atoms with Gasteiger partial charge in [0.2, 0.25) is 0 Å². The van der Waals surface area contributed by atoms with Gasteiger partial charge >= 0.3 is 6.09 Å². The van der Waals surface area contributed by atoms with E-state index in [0.29, 0.717) is 0 Å². The largest absolute Gasteiger partial charge is 0.444 e. The number of para-hydroxylation sites is 1. The zero-order valence-corrected chi connectivity index (χ0v) is 18.3. The van der Waals surface area contributed by atoms with Gasteiger partial charge in [-0.05, 0) is 51.5 Å². The monoisotopic (exact) mass is 452 g/mol. The van der Waals surface area contributed by atoms with Crippen molar-refractivity contribution in [3.8, 4) is 0 Å². The maximum Gasteiger partial charge on any atom is 0.408 e. The molecule has 0 saturated heterocycles. The highest BCUT2D eigenvalue weighted by atomic mass is 35.5. The average Bonchev–Trinajstić information content (AvgIpc) is 2.63. The Morgan fingerprint density at radius 3 is 2.23 bits per heavy atom. The third kappa shape index (κ3) is 6.75. The summed E-state index contributed by atoms with van der Waals surface area (Å²) in [5.74, 6) is -3.19. The minimum atomic E-state index is -0.951. The van der Waals surface area contributed by atoms with Gasteiger partial charge in [-0.1, -0.05) is 29.8 Å². The van der Waals surface area contributed by atoms with Gasteiger partial charge in [-0.2, -0.15) is 0 Å². The lowest BCUT2D eigenvalue weighted by molar-refractivity contribution is -0.120. The van der Waals surface area contributed by atoms with Crippen LogP contribution in [0, 0.1) is 11.6 Å². The molecule has 0 radical (unpaired) electrons. The van der Waals surface area contributed by atoms with Crippen molar-refractivity contribution in [2.24, 2.45) is 0 Å². The SMILES string of the molecule is CC(NC(=O)OC(C)(C)C)C(=O)Cc1cccc(Cl)c1C(=O)Nc1c(F)cccc1F. The van der Waals surface area contributed by atoms with Crippen molar-refractivity contribution in [2.75, 3.05) is 5.32 Å². The summed E-state index contributed by atoms with van der Waals surface area (Å²) < 4.78 is 32.9. The molecule has 0 bridgehead atoms. The zero-order chi connectivity index (χ0) is 23.3. The quantitative estimate of drug-likeness (QED) is 0.653. The molecule has 31 heavy (non-hydrogen) atoms. The van der Waals surface area contributed by atoms with E-state index in [0.717, 1.165) is 12.1 Å². The predicted molar refractivity (Wildman–Crippen MR) is 113 cm³/mol. The van der Waals surface area contributed by atoms with Gasteiger partial charge in [0.05, 0.1) is 16.6 Å². The van der Waals surface area contributed by atoms with Gasteiger partial charge < -0.3 is 15.4 Å². The van der Waals surface area contributed by atoms with Crippen molar-refractivity contribution in [1.82, 2.24) is 5.32 Å². The van der Waals surface area contributed by atoms with Crippen LogP contribution in [0.5, 0.6) is 0 Å². The van der Waals surface area contributed by atoms with Crippen molar-refractivity contribution in [3.63, 3.8) is 0 Å². The second kappa shape index (κ2) is 9.87. The maximum absolute atomic E-state index is 13.9. The minimum Gasteiger partial charge on any atom is -0.444 e. The van der Waals surface area contributed by atoms with Crippen LogP contribution < -0.4 is 10.6 Å². The molecular weight excluding hydrogens is 430 g/mol. The highest BCUT2D eigenvalue weighted by Gasteiger charge is 2.24. The van der Waals surface area contributed by atoms with Crippen LogP contribution in [-0.4, -0.2) is 29.4 Å². The molecule has 0 aromatic heterocycles. The molecule has 6 nitrogen and oxygen atoms in total. The van der Waals surface area contributed by atoms with Crippen LogP contribution in [0.15, 0.2) is 36.4 Å². The van der Waals surface area contributed by atoms with Crippen LogP contribution in [0.25, 0.3) is 0 Å². The van der Waals surface area contributed by atoms with Crippen molar-refractivity contribution < 1.29 is 27.9 Å². The number of ketones is 1. The molecule has 166 valence electrons. The van der Waals surface area contributed by atoms with Crippen LogP contribution in [0.4, 0.5) is 19.3 Å². The highest BCUT2D eigenvalue weighted by Crippen LogP contribution is 2.25. The van der Waals surface area contributed by atoms with Gasteiger partial charge in [0.15, 0.2) is 5.78 Å². The summed E-state index contributed by atoms with van der Waals surface area (Å²) in [5, 5.41) is 4.60. The first kappa shape index (κ1) is 24.3. The van der Waals surface area contributed by atoms with Crippen LogP contribution >= 0.6 is 11.6 Å². The number of amides is 2. The van der Waals surface area contributed by atoms with Crippen LogP contribution in [0.3, 0.4) is 0 Å². The third-order valence-electron chi connectivity index (χ3n) is 4.11. The fraction of sp³-hybridized carbons (Fsp3) is 0.318. The zero-order valence-electron chi connectivity index (χ0n) is 17.5. The standard InChI is InChI=1S/C22H23ClF2N2O4/c1-12(26-21(30)31-22(2,3)4)17(28)11-13-7-5-8-14(23)18(13)20(29)27-19-15(24)9-6-10-16(19)25/h5-10,12H,11H2,1-4H3,(H,26,30)(H,27,29). The summed E-state index contributed by atoms with van der Waals surface area (Å²) in [6.45, 7) is 6.54. The number of anilines is 1. The number of ether oxygens (including phenoxy) is 1. The Hall–Kier alpha value is -3.00. The van der Waals surface area contributed by atoms with Gasteiger partial charge in [-0.15, -0.1) is 0 Å². The van der Waals surface area contributed by atoms with Gasteiger partial charge in [0.25, 0.3) is 5.91 Å². The van der Waals surface area contributed by atoms with Crippen molar-refractivity contribution in [1.29, 1.82) is 0 Å². The Bertz CT molecular complexity index is 985. The molecule has 1 atom stereocenters. The molecule has 2 aromatic rings. The van der Waals surface area contributed by atoms with Gasteiger partial charge in [0.1, 0.15) is 22.9 Å². The number of hydrogen-bond donors (Lipinski definition) is 2. The first-order valence-electron chi connectivity index (χ1n) is 9.44. The number of carbonyl (C=O) groups is 3. The molecule has 2 rings (SSSR count). The molecule has 0 heterocycles. The number of hydrogen-bond acceptors (Lipinski definition) is 4. The van der Waals surface area contributed by atoms with E-state index in [9.17, 15) is 23.2 Å². The van der Waals surface area contributed by atoms with E-state index in [4.69, 9.17) is 16.3 Å². The van der Waals surface area contributed by atoms with E-state index >= 15 is 0 Å². The van der Waals surface area contributed by atoms with Gasteiger partial charge in [-0.3, -0.25) is 9.59 Å². The Labute approximate surface area is 183 Å². The molecule has 0 aliphatic carbocycles.